The number of aromatic nitrogens is 2. The number of ether oxygens (including phenoxy) is 1. The van der Waals surface area contributed by atoms with Crippen LogP contribution in [0.2, 0.25) is 0 Å². The summed E-state index contributed by atoms with van der Waals surface area (Å²) >= 11 is 0. The van der Waals surface area contributed by atoms with Crippen LogP contribution in [0.5, 0.6) is 6.01 Å². The molecule has 0 saturated carbocycles. The van der Waals surface area contributed by atoms with E-state index in [2.05, 4.69) is 15.3 Å². The highest BCUT2D eigenvalue weighted by Gasteiger charge is 2.26. The zero-order valence-electron chi connectivity index (χ0n) is 12.7. The van der Waals surface area contributed by atoms with Crippen molar-refractivity contribution in [2.45, 2.75) is 12.8 Å². The normalized spacial score (nSPS) is 19.6. The summed E-state index contributed by atoms with van der Waals surface area (Å²) in [4.78, 5) is 19.8. The van der Waals surface area contributed by atoms with Crippen molar-refractivity contribution < 1.29 is 17.9 Å². The Bertz CT molecular complexity index is 617. The van der Waals surface area contributed by atoms with E-state index >= 15 is 0 Å². The summed E-state index contributed by atoms with van der Waals surface area (Å²) in [5.41, 5.74) is 0.344. The standard InChI is InChI=1S/C13H20N4O4S/c1-21-13-15-7-11(8-16-13)12(18)14-6-10-4-3-5-17(9-10)22(2,19)20/h7-8,10H,3-6,9H2,1-2H3,(H,14,18)/t10-/m1/s1. The van der Waals surface area contributed by atoms with E-state index in [-0.39, 0.29) is 17.8 Å². The van der Waals surface area contributed by atoms with E-state index in [1.807, 2.05) is 0 Å². The van der Waals surface area contributed by atoms with Crippen LogP contribution in [-0.4, -0.2) is 61.6 Å². The fourth-order valence-electron chi connectivity index (χ4n) is 2.37. The van der Waals surface area contributed by atoms with Gasteiger partial charge in [-0.25, -0.2) is 22.7 Å². The van der Waals surface area contributed by atoms with Crippen LogP contribution >= 0.6 is 0 Å². The Hall–Kier alpha value is -1.74. The van der Waals surface area contributed by atoms with E-state index in [1.54, 1.807) is 0 Å². The Labute approximate surface area is 129 Å². The van der Waals surface area contributed by atoms with E-state index < -0.39 is 10.0 Å². The summed E-state index contributed by atoms with van der Waals surface area (Å²) in [6.45, 7) is 1.42. The molecule has 1 aromatic heterocycles. The van der Waals surface area contributed by atoms with Gasteiger partial charge < -0.3 is 10.1 Å². The average molecular weight is 328 g/mol. The van der Waals surface area contributed by atoms with E-state index in [1.165, 1.54) is 30.1 Å². The first-order valence-electron chi connectivity index (χ1n) is 6.99. The van der Waals surface area contributed by atoms with Crippen molar-refractivity contribution >= 4 is 15.9 Å². The number of sulfonamides is 1. The first-order chi connectivity index (χ1) is 10.4. The maximum absolute atomic E-state index is 12.0. The number of carbonyl (C=O) groups is 1. The number of hydrogen-bond donors (Lipinski definition) is 1. The first kappa shape index (κ1) is 16.6. The van der Waals surface area contributed by atoms with Gasteiger partial charge in [0.25, 0.3) is 5.91 Å². The Morgan fingerprint density at radius 3 is 2.73 bits per heavy atom. The molecule has 9 heteroatoms. The third kappa shape index (κ3) is 4.38. The van der Waals surface area contributed by atoms with Crippen molar-refractivity contribution in [2.24, 2.45) is 5.92 Å². The van der Waals surface area contributed by atoms with E-state index in [0.29, 0.717) is 25.2 Å². The van der Waals surface area contributed by atoms with Gasteiger partial charge in [0.05, 0.1) is 18.9 Å². The van der Waals surface area contributed by atoms with Crippen molar-refractivity contribution in [3.63, 3.8) is 0 Å². The summed E-state index contributed by atoms with van der Waals surface area (Å²) < 4.78 is 29.4. The molecular weight excluding hydrogens is 308 g/mol. The quantitative estimate of drug-likeness (QED) is 0.809. The highest BCUT2D eigenvalue weighted by Crippen LogP contribution is 2.18. The van der Waals surface area contributed by atoms with Crippen molar-refractivity contribution in [1.29, 1.82) is 0 Å². The number of amides is 1. The lowest BCUT2D eigenvalue weighted by atomic mass is 9.99. The fourth-order valence-corrected chi connectivity index (χ4v) is 3.32. The number of nitrogens with zero attached hydrogens (tertiary/aromatic N) is 3. The molecule has 1 N–H and O–H groups in total. The van der Waals surface area contributed by atoms with Gasteiger partial charge in [-0.2, -0.15) is 0 Å². The van der Waals surface area contributed by atoms with E-state index in [4.69, 9.17) is 4.74 Å². The summed E-state index contributed by atoms with van der Waals surface area (Å²) in [5, 5.41) is 2.80. The molecule has 2 heterocycles. The molecule has 0 radical (unpaired) electrons. The average Bonchev–Trinajstić information content (AvgIpc) is 2.52. The largest absolute Gasteiger partial charge is 0.467 e. The number of methoxy groups -OCH3 is 1. The summed E-state index contributed by atoms with van der Waals surface area (Å²) in [7, 11) is -1.72. The van der Waals surface area contributed by atoms with Crippen LogP contribution in [0.3, 0.4) is 0 Å². The molecule has 0 bridgehead atoms. The molecule has 0 aliphatic carbocycles. The van der Waals surface area contributed by atoms with Gasteiger partial charge in [-0.05, 0) is 18.8 Å². The lowest BCUT2D eigenvalue weighted by molar-refractivity contribution is 0.0940. The van der Waals surface area contributed by atoms with Gasteiger partial charge in [-0.1, -0.05) is 0 Å². The van der Waals surface area contributed by atoms with Gasteiger partial charge in [0.2, 0.25) is 10.0 Å². The Kier molecular flexibility index (Phi) is 5.30. The van der Waals surface area contributed by atoms with Crippen LogP contribution in [0.15, 0.2) is 12.4 Å². The molecule has 22 heavy (non-hydrogen) atoms. The second kappa shape index (κ2) is 7.01. The minimum Gasteiger partial charge on any atom is -0.467 e. The van der Waals surface area contributed by atoms with E-state index in [0.717, 1.165) is 12.8 Å². The summed E-state index contributed by atoms with van der Waals surface area (Å²) in [6.07, 6.45) is 5.70. The molecule has 0 aromatic carbocycles. The molecule has 1 fully saturated rings. The molecule has 2 rings (SSSR count). The van der Waals surface area contributed by atoms with Crippen LogP contribution < -0.4 is 10.1 Å². The van der Waals surface area contributed by atoms with Gasteiger partial charge in [0, 0.05) is 32.0 Å². The molecule has 0 unspecified atom stereocenters. The number of nitrogens with one attached hydrogen (secondary N) is 1. The molecule has 1 saturated heterocycles. The van der Waals surface area contributed by atoms with Gasteiger partial charge in [0.1, 0.15) is 0 Å². The smallest absolute Gasteiger partial charge is 0.316 e. The van der Waals surface area contributed by atoms with E-state index in [9.17, 15) is 13.2 Å². The SMILES string of the molecule is COc1ncc(C(=O)NC[C@H]2CCCN(S(C)(=O)=O)C2)cn1. The maximum Gasteiger partial charge on any atom is 0.316 e. The monoisotopic (exact) mass is 328 g/mol. The Balaban J connectivity index is 1.87. The molecule has 122 valence electrons. The third-order valence-corrected chi connectivity index (χ3v) is 4.84. The van der Waals surface area contributed by atoms with Crippen molar-refractivity contribution in [1.82, 2.24) is 19.6 Å². The van der Waals surface area contributed by atoms with Crippen LogP contribution in [0.4, 0.5) is 0 Å². The minimum absolute atomic E-state index is 0.117. The lowest BCUT2D eigenvalue weighted by Gasteiger charge is -2.30. The molecule has 0 spiro atoms. The molecule has 1 amide bonds. The summed E-state index contributed by atoms with van der Waals surface area (Å²) in [5.74, 6) is -0.161. The van der Waals surface area contributed by atoms with Crippen molar-refractivity contribution in [3.05, 3.63) is 18.0 Å². The number of rotatable bonds is 5. The molecule has 1 atom stereocenters. The zero-order valence-corrected chi connectivity index (χ0v) is 13.5. The van der Waals surface area contributed by atoms with Crippen LogP contribution in [0.25, 0.3) is 0 Å². The van der Waals surface area contributed by atoms with Gasteiger partial charge in [-0.3, -0.25) is 4.79 Å². The van der Waals surface area contributed by atoms with Crippen molar-refractivity contribution in [2.75, 3.05) is 33.0 Å². The Morgan fingerprint density at radius 1 is 1.45 bits per heavy atom. The second-order valence-electron chi connectivity index (χ2n) is 5.30. The highest BCUT2D eigenvalue weighted by molar-refractivity contribution is 7.88. The predicted molar refractivity (Wildman–Crippen MR) is 80.1 cm³/mol. The van der Waals surface area contributed by atoms with Crippen LogP contribution in [0, 0.1) is 5.92 Å². The van der Waals surface area contributed by atoms with Crippen LogP contribution in [0.1, 0.15) is 23.2 Å². The zero-order chi connectivity index (χ0) is 16.2. The molecule has 1 aromatic rings. The van der Waals surface area contributed by atoms with Gasteiger partial charge >= 0.3 is 6.01 Å². The minimum atomic E-state index is -3.17. The molecule has 1 aliphatic rings. The van der Waals surface area contributed by atoms with Crippen LogP contribution in [-0.2, 0) is 10.0 Å². The molecular formula is C13H20N4O4S. The highest BCUT2D eigenvalue weighted by atomic mass is 32.2. The number of carbonyl (C=O) groups excluding carboxylic acids is 1. The Morgan fingerprint density at radius 2 is 2.14 bits per heavy atom. The molecule has 1 aliphatic heterocycles. The third-order valence-electron chi connectivity index (χ3n) is 3.57. The fraction of sp³-hybridized carbons (Fsp3) is 0.615. The first-order valence-corrected chi connectivity index (χ1v) is 8.84. The number of piperidine rings is 1. The topological polar surface area (TPSA) is 101 Å². The lowest BCUT2D eigenvalue weighted by Crippen LogP contribution is -2.43. The summed E-state index contributed by atoms with van der Waals surface area (Å²) in [6, 6.07) is 0.202. The maximum atomic E-state index is 12.0. The van der Waals surface area contributed by atoms with Gasteiger partial charge in [-0.15, -0.1) is 0 Å². The molecule has 8 nitrogen and oxygen atoms in total. The predicted octanol–water partition coefficient (Wildman–Crippen LogP) is -0.113. The van der Waals surface area contributed by atoms with Crippen molar-refractivity contribution in [3.8, 4) is 6.01 Å². The number of hydrogen-bond acceptors (Lipinski definition) is 6. The van der Waals surface area contributed by atoms with Gasteiger partial charge in [0.15, 0.2) is 0 Å². The second-order valence-corrected chi connectivity index (χ2v) is 7.28.